The second-order valence-corrected chi connectivity index (χ2v) is 3.43. The van der Waals surface area contributed by atoms with Crippen molar-refractivity contribution in [1.29, 1.82) is 0 Å². The molecule has 2 atom stereocenters. The summed E-state index contributed by atoms with van der Waals surface area (Å²) in [4.78, 5) is 8.01. The van der Waals surface area contributed by atoms with Gasteiger partial charge in [0.2, 0.25) is 0 Å². The topological polar surface area (TPSA) is 51.8 Å². The van der Waals surface area contributed by atoms with E-state index < -0.39 is 0 Å². The first kappa shape index (κ1) is 10.1. The van der Waals surface area contributed by atoms with E-state index >= 15 is 0 Å². The van der Waals surface area contributed by atoms with Gasteiger partial charge in [-0.3, -0.25) is 0 Å². The summed E-state index contributed by atoms with van der Waals surface area (Å²) >= 11 is 0. The molecular weight excluding hydrogens is 162 g/mol. The van der Waals surface area contributed by atoms with E-state index in [0.29, 0.717) is 5.92 Å². The van der Waals surface area contributed by atoms with Crippen molar-refractivity contribution in [1.82, 2.24) is 9.97 Å². The lowest BCUT2D eigenvalue weighted by Gasteiger charge is -2.18. The summed E-state index contributed by atoms with van der Waals surface area (Å²) in [6.07, 6.45) is 5.60. The van der Waals surface area contributed by atoms with Crippen LogP contribution in [0.5, 0.6) is 0 Å². The average Bonchev–Trinajstić information content (AvgIpc) is 2.18. The highest BCUT2D eigenvalue weighted by Gasteiger charge is 2.14. The number of aromatic nitrogens is 2. The lowest BCUT2D eigenvalue weighted by Crippen LogP contribution is -2.20. The highest BCUT2D eigenvalue weighted by molar-refractivity contribution is 5.04. The Balaban J connectivity index is 2.62. The summed E-state index contributed by atoms with van der Waals surface area (Å²) in [6.45, 7) is 4.33. The molecule has 1 heterocycles. The molecule has 2 unspecified atom stereocenters. The normalized spacial score (nSPS) is 15.3. The van der Waals surface area contributed by atoms with Crippen molar-refractivity contribution >= 4 is 0 Å². The molecule has 0 saturated carbocycles. The Hall–Kier alpha value is -0.960. The van der Waals surface area contributed by atoms with E-state index in [1.807, 2.05) is 6.07 Å². The van der Waals surface area contributed by atoms with Crippen LogP contribution in [0.3, 0.4) is 0 Å². The van der Waals surface area contributed by atoms with Crippen molar-refractivity contribution in [3.8, 4) is 0 Å². The van der Waals surface area contributed by atoms with Crippen molar-refractivity contribution in [3.63, 3.8) is 0 Å². The molecule has 1 rings (SSSR count). The van der Waals surface area contributed by atoms with Crippen LogP contribution in [0, 0.1) is 5.92 Å². The van der Waals surface area contributed by atoms with Crippen LogP contribution >= 0.6 is 0 Å². The maximum Gasteiger partial charge on any atom is 0.115 e. The van der Waals surface area contributed by atoms with Gasteiger partial charge in [-0.1, -0.05) is 20.3 Å². The largest absolute Gasteiger partial charge is 0.322 e. The zero-order valence-corrected chi connectivity index (χ0v) is 8.27. The maximum atomic E-state index is 6.03. The van der Waals surface area contributed by atoms with E-state index in [2.05, 4.69) is 23.8 Å². The van der Waals surface area contributed by atoms with Gasteiger partial charge in [0.1, 0.15) is 6.33 Å². The fraction of sp³-hybridized carbons (Fsp3) is 0.600. The summed E-state index contributed by atoms with van der Waals surface area (Å²) in [6, 6.07) is 1.93. The standard InChI is InChI=1S/C10H17N3/c1-3-4-8(2)10(11)9-5-6-12-7-13-9/h5-8,10H,3-4,11H2,1-2H3. The number of rotatable bonds is 4. The lowest BCUT2D eigenvalue weighted by molar-refractivity contribution is 0.426. The molecule has 0 aliphatic carbocycles. The lowest BCUT2D eigenvalue weighted by atomic mass is 9.95. The van der Waals surface area contributed by atoms with E-state index in [0.717, 1.165) is 12.1 Å². The van der Waals surface area contributed by atoms with Crippen LogP contribution in [0.1, 0.15) is 38.4 Å². The van der Waals surface area contributed by atoms with Gasteiger partial charge in [-0.2, -0.15) is 0 Å². The molecule has 0 aliphatic heterocycles. The second kappa shape index (κ2) is 4.92. The van der Waals surface area contributed by atoms with Crippen LogP contribution in [0.4, 0.5) is 0 Å². The average molecular weight is 179 g/mol. The van der Waals surface area contributed by atoms with Gasteiger partial charge in [0.15, 0.2) is 0 Å². The summed E-state index contributed by atoms with van der Waals surface area (Å²) < 4.78 is 0. The Labute approximate surface area is 79.4 Å². The monoisotopic (exact) mass is 179 g/mol. The van der Waals surface area contributed by atoms with Gasteiger partial charge in [0.05, 0.1) is 5.69 Å². The number of hydrogen-bond donors (Lipinski definition) is 1. The number of nitrogens with zero attached hydrogens (tertiary/aromatic N) is 2. The highest BCUT2D eigenvalue weighted by atomic mass is 14.9. The Kier molecular flexibility index (Phi) is 3.83. The molecule has 3 nitrogen and oxygen atoms in total. The van der Waals surface area contributed by atoms with Crippen molar-refractivity contribution < 1.29 is 0 Å². The second-order valence-electron chi connectivity index (χ2n) is 3.43. The molecule has 0 saturated heterocycles. The van der Waals surface area contributed by atoms with Crippen LogP contribution < -0.4 is 5.73 Å². The van der Waals surface area contributed by atoms with Crippen LogP contribution in [0.25, 0.3) is 0 Å². The van der Waals surface area contributed by atoms with Crippen molar-refractivity contribution in [2.45, 2.75) is 32.7 Å². The third kappa shape index (κ3) is 2.77. The SMILES string of the molecule is CCCC(C)C(N)c1ccncn1. The maximum absolute atomic E-state index is 6.03. The van der Waals surface area contributed by atoms with Crippen LogP contribution in [-0.4, -0.2) is 9.97 Å². The minimum atomic E-state index is 0.0444. The first-order valence-electron chi connectivity index (χ1n) is 4.77. The van der Waals surface area contributed by atoms with Gasteiger partial charge in [-0.15, -0.1) is 0 Å². The minimum Gasteiger partial charge on any atom is -0.322 e. The van der Waals surface area contributed by atoms with Crippen LogP contribution in [-0.2, 0) is 0 Å². The first-order chi connectivity index (χ1) is 6.25. The molecule has 0 spiro atoms. The van der Waals surface area contributed by atoms with E-state index in [-0.39, 0.29) is 6.04 Å². The fourth-order valence-electron chi connectivity index (χ4n) is 1.42. The summed E-state index contributed by atoms with van der Waals surface area (Å²) in [5, 5.41) is 0. The number of nitrogens with two attached hydrogens (primary N) is 1. The summed E-state index contributed by atoms with van der Waals surface area (Å²) in [7, 11) is 0. The molecule has 2 N–H and O–H groups in total. The molecule has 0 fully saturated rings. The van der Waals surface area contributed by atoms with Gasteiger partial charge >= 0.3 is 0 Å². The predicted molar refractivity (Wildman–Crippen MR) is 53.0 cm³/mol. The Morgan fingerprint density at radius 2 is 2.31 bits per heavy atom. The molecule has 1 aromatic rings. The third-order valence-corrected chi connectivity index (χ3v) is 2.30. The summed E-state index contributed by atoms with van der Waals surface area (Å²) in [5.41, 5.74) is 6.98. The van der Waals surface area contributed by atoms with Gasteiger partial charge in [-0.05, 0) is 18.4 Å². The van der Waals surface area contributed by atoms with Crippen LogP contribution in [0.15, 0.2) is 18.6 Å². The first-order valence-corrected chi connectivity index (χ1v) is 4.77. The summed E-state index contributed by atoms with van der Waals surface area (Å²) in [5.74, 6) is 0.486. The molecule has 72 valence electrons. The molecule has 0 bridgehead atoms. The zero-order chi connectivity index (χ0) is 9.68. The quantitative estimate of drug-likeness (QED) is 0.768. The third-order valence-electron chi connectivity index (χ3n) is 2.30. The molecular formula is C10H17N3. The molecule has 0 aromatic carbocycles. The molecule has 3 heteroatoms. The molecule has 0 amide bonds. The minimum absolute atomic E-state index is 0.0444. The Bertz CT molecular complexity index is 235. The highest BCUT2D eigenvalue weighted by Crippen LogP contribution is 2.20. The molecule has 13 heavy (non-hydrogen) atoms. The smallest absolute Gasteiger partial charge is 0.115 e. The van der Waals surface area contributed by atoms with Gasteiger partial charge in [-0.25, -0.2) is 9.97 Å². The van der Waals surface area contributed by atoms with E-state index in [9.17, 15) is 0 Å². The fourth-order valence-corrected chi connectivity index (χ4v) is 1.42. The zero-order valence-electron chi connectivity index (χ0n) is 8.27. The Morgan fingerprint density at radius 3 is 2.85 bits per heavy atom. The molecule has 1 aromatic heterocycles. The predicted octanol–water partition coefficient (Wildman–Crippen LogP) is 1.91. The van der Waals surface area contributed by atoms with Crippen molar-refractivity contribution in [2.24, 2.45) is 11.7 Å². The molecule has 0 aliphatic rings. The van der Waals surface area contributed by atoms with Gasteiger partial charge < -0.3 is 5.73 Å². The van der Waals surface area contributed by atoms with Crippen LogP contribution in [0.2, 0.25) is 0 Å². The van der Waals surface area contributed by atoms with E-state index in [1.54, 1.807) is 12.5 Å². The molecule has 0 radical (unpaired) electrons. The van der Waals surface area contributed by atoms with Crippen molar-refractivity contribution in [2.75, 3.05) is 0 Å². The Morgan fingerprint density at radius 1 is 1.54 bits per heavy atom. The number of hydrogen-bond acceptors (Lipinski definition) is 3. The van der Waals surface area contributed by atoms with Gasteiger partial charge in [0.25, 0.3) is 0 Å². The van der Waals surface area contributed by atoms with E-state index in [1.165, 1.54) is 6.42 Å². The van der Waals surface area contributed by atoms with Crippen molar-refractivity contribution in [3.05, 3.63) is 24.3 Å². The van der Waals surface area contributed by atoms with Gasteiger partial charge in [0, 0.05) is 12.2 Å². The van der Waals surface area contributed by atoms with E-state index in [4.69, 9.17) is 5.73 Å².